The number of aryl methyl sites for hydroxylation is 2. The number of piperidine rings is 1. The lowest BCUT2D eigenvalue weighted by molar-refractivity contribution is -0.126. The van der Waals surface area contributed by atoms with Crippen LogP contribution in [0.5, 0.6) is 0 Å². The van der Waals surface area contributed by atoms with Crippen molar-refractivity contribution in [2.45, 2.75) is 43.5 Å². The van der Waals surface area contributed by atoms with Crippen molar-refractivity contribution >= 4 is 39.1 Å². The van der Waals surface area contributed by atoms with Gasteiger partial charge in [-0.3, -0.25) is 4.79 Å². The second-order valence-electron chi connectivity index (χ2n) is 7.92. The number of hydrogen-bond acceptors (Lipinski definition) is 3. The Morgan fingerprint density at radius 1 is 1.03 bits per heavy atom. The highest BCUT2D eigenvalue weighted by atomic mass is 35.5. The molecule has 30 heavy (non-hydrogen) atoms. The van der Waals surface area contributed by atoms with E-state index in [4.69, 9.17) is 23.2 Å². The van der Waals surface area contributed by atoms with Crippen LogP contribution in [0.15, 0.2) is 41.3 Å². The second kappa shape index (κ2) is 8.87. The van der Waals surface area contributed by atoms with Crippen molar-refractivity contribution in [3.63, 3.8) is 0 Å². The molecule has 1 N–H and O–H groups in total. The molecule has 5 nitrogen and oxygen atoms in total. The number of amides is 1. The van der Waals surface area contributed by atoms with Gasteiger partial charge < -0.3 is 5.32 Å². The van der Waals surface area contributed by atoms with E-state index < -0.39 is 10.0 Å². The Hall–Kier alpha value is -1.60. The Morgan fingerprint density at radius 2 is 1.77 bits per heavy atom. The van der Waals surface area contributed by atoms with E-state index in [2.05, 4.69) is 5.32 Å². The van der Waals surface area contributed by atoms with Crippen molar-refractivity contribution in [3.8, 4) is 0 Å². The maximum atomic E-state index is 13.0. The first-order chi connectivity index (χ1) is 14.3. The molecule has 1 aliphatic carbocycles. The fraction of sp³-hybridized carbons (Fsp3) is 0.409. The van der Waals surface area contributed by atoms with Crippen LogP contribution in [0.1, 0.15) is 36.0 Å². The van der Waals surface area contributed by atoms with Gasteiger partial charge in [-0.15, -0.1) is 0 Å². The van der Waals surface area contributed by atoms with Gasteiger partial charge in [0.25, 0.3) is 0 Å². The summed E-state index contributed by atoms with van der Waals surface area (Å²) in [5.41, 5.74) is 3.20. The van der Waals surface area contributed by atoms with Crippen LogP contribution < -0.4 is 5.32 Å². The number of hydrogen-bond donors (Lipinski definition) is 1. The first-order valence-electron chi connectivity index (χ1n) is 10.2. The molecular formula is C22H24Cl2N2O3S. The summed E-state index contributed by atoms with van der Waals surface area (Å²) in [5.74, 6) is -0.279. The van der Waals surface area contributed by atoms with Crippen LogP contribution in [0.4, 0.5) is 0 Å². The molecule has 0 spiro atoms. The van der Waals surface area contributed by atoms with Gasteiger partial charge in [0.1, 0.15) is 0 Å². The number of carbonyl (C=O) groups is 1. The van der Waals surface area contributed by atoms with E-state index >= 15 is 0 Å². The van der Waals surface area contributed by atoms with E-state index in [1.807, 2.05) is 12.1 Å². The summed E-state index contributed by atoms with van der Waals surface area (Å²) in [6.45, 7) is 1.01. The average Bonchev–Trinajstić information content (AvgIpc) is 3.21. The minimum atomic E-state index is -3.53. The minimum absolute atomic E-state index is 0.0735. The van der Waals surface area contributed by atoms with E-state index in [1.54, 1.807) is 24.3 Å². The molecule has 0 bridgehead atoms. The number of halogens is 2. The van der Waals surface area contributed by atoms with Crippen LogP contribution in [0.2, 0.25) is 10.0 Å². The van der Waals surface area contributed by atoms with Crippen molar-refractivity contribution in [1.29, 1.82) is 0 Å². The molecule has 1 aliphatic heterocycles. The lowest BCUT2D eigenvalue weighted by Gasteiger charge is -2.30. The van der Waals surface area contributed by atoms with Gasteiger partial charge in [-0.1, -0.05) is 35.3 Å². The molecule has 1 amide bonds. The van der Waals surface area contributed by atoms with Crippen LogP contribution in [-0.4, -0.2) is 31.7 Å². The predicted octanol–water partition coefficient (Wildman–Crippen LogP) is 4.20. The standard InChI is InChI=1S/C22H24Cl2N2O3S/c23-19-6-4-18(21(24)13-19)14-25-22(27)16-8-10-26(11-9-16)30(28,29)20-7-5-15-2-1-3-17(15)12-20/h4-7,12-13,16H,1-3,8-11,14H2,(H,25,27). The van der Waals surface area contributed by atoms with Crippen LogP contribution in [0.3, 0.4) is 0 Å². The summed E-state index contributed by atoms with van der Waals surface area (Å²) >= 11 is 12.1. The zero-order valence-corrected chi connectivity index (χ0v) is 18.9. The number of nitrogens with one attached hydrogen (secondary N) is 1. The minimum Gasteiger partial charge on any atom is -0.352 e. The molecule has 0 atom stereocenters. The fourth-order valence-electron chi connectivity index (χ4n) is 4.21. The van der Waals surface area contributed by atoms with Crippen molar-refractivity contribution in [3.05, 3.63) is 63.1 Å². The van der Waals surface area contributed by atoms with Crippen molar-refractivity contribution < 1.29 is 13.2 Å². The maximum absolute atomic E-state index is 13.0. The van der Waals surface area contributed by atoms with Gasteiger partial charge in [0.2, 0.25) is 15.9 Å². The lowest BCUT2D eigenvalue weighted by atomic mass is 9.97. The average molecular weight is 467 g/mol. The van der Waals surface area contributed by atoms with Gasteiger partial charge in [0, 0.05) is 35.6 Å². The predicted molar refractivity (Wildman–Crippen MR) is 118 cm³/mol. The SMILES string of the molecule is O=C(NCc1ccc(Cl)cc1Cl)C1CCN(S(=O)(=O)c2ccc3c(c2)CCC3)CC1. The summed E-state index contributed by atoms with van der Waals surface area (Å²) in [5, 5.41) is 3.97. The third-order valence-electron chi connectivity index (χ3n) is 6.00. The highest BCUT2D eigenvalue weighted by Crippen LogP contribution is 2.29. The number of fused-ring (bicyclic) bond motifs is 1. The third kappa shape index (κ3) is 4.52. The third-order valence-corrected chi connectivity index (χ3v) is 8.48. The topological polar surface area (TPSA) is 66.5 Å². The van der Waals surface area contributed by atoms with E-state index in [0.29, 0.717) is 47.4 Å². The molecule has 4 rings (SSSR count). The Kier molecular flexibility index (Phi) is 6.39. The zero-order valence-electron chi connectivity index (χ0n) is 16.5. The van der Waals surface area contributed by atoms with Gasteiger partial charge in [0.05, 0.1) is 4.90 Å². The monoisotopic (exact) mass is 466 g/mol. The maximum Gasteiger partial charge on any atom is 0.243 e. The van der Waals surface area contributed by atoms with Crippen molar-refractivity contribution in [2.75, 3.05) is 13.1 Å². The summed E-state index contributed by atoms with van der Waals surface area (Å²) in [4.78, 5) is 12.9. The zero-order chi connectivity index (χ0) is 21.3. The molecule has 2 aromatic carbocycles. The molecule has 1 saturated heterocycles. The molecule has 0 unspecified atom stereocenters. The smallest absolute Gasteiger partial charge is 0.243 e. The largest absolute Gasteiger partial charge is 0.352 e. The molecule has 2 aromatic rings. The highest BCUT2D eigenvalue weighted by Gasteiger charge is 2.32. The molecule has 160 valence electrons. The second-order valence-corrected chi connectivity index (χ2v) is 10.7. The van der Waals surface area contributed by atoms with Crippen molar-refractivity contribution in [1.82, 2.24) is 9.62 Å². The number of carbonyl (C=O) groups excluding carboxylic acids is 1. The van der Waals surface area contributed by atoms with Gasteiger partial charge in [-0.25, -0.2) is 8.42 Å². The molecule has 1 fully saturated rings. The Balaban J connectivity index is 1.34. The fourth-order valence-corrected chi connectivity index (χ4v) is 6.20. The summed E-state index contributed by atoms with van der Waals surface area (Å²) < 4.78 is 27.6. The molecule has 0 aromatic heterocycles. The van der Waals surface area contributed by atoms with Gasteiger partial charge >= 0.3 is 0 Å². The van der Waals surface area contributed by atoms with E-state index in [9.17, 15) is 13.2 Å². The Labute approximate surface area is 187 Å². The molecule has 2 aliphatic rings. The Bertz CT molecular complexity index is 1060. The summed E-state index contributed by atoms with van der Waals surface area (Å²) in [7, 11) is -3.53. The van der Waals surface area contributed by atoms with E-state index in [-0.39, 0.29) is 11.8 Å². The van der Waals surface area contributed by atoms with Crippen LogP contribution in [0.25, 0.3) is 0 Å². The van der Waals surface area contributed by atoms with Gasteiger partial charge in [-0.05, 0) is 73.1 Å². The highest BCUT2D eigenvalue weighted by molar-refractivity contribution is 7.89. The number of sulfonamides is 1. The first-order valence-corrected chi connectivity index (χ1v) is 12.4. The van der Waals surface area contributed by atoms with E-state index in [0.717, 1.165) is 30.4 Å². The molecule has 0 saturated carbocycles. The number of nitrogens with zero attached hydrogens (tertiary/aromatic N) is 1. The lowest BCUT2D eigenvalue weighted by Crippen LogP contribution is -2.42. The number of rotatable bonds is 5. The van der Waals surface area contributed by atoms with Crippen molar-refractivity contribution in [2.24, 2.45) is 5.92 Å². The quantitative estimate of drug-likeness (QED) is 0.717. The van der Waals surface area contributed by atoms with E-state index in [1.165, 1.54) is 9.87 Å². The molecule has 8 heteroatoms. The van der Waals surface area contributed by atoms with Gasteiger partial charge in [-0.2, -0.15) is 4.31 Å². The summed E-state index contributed by atoms with van der Waals surface area (Å²) in [6.07, 6.45) is 4.06. The summed E-state index contributed by atoms with van der Waals surface area (Å²) in [6, 6.07) is 10.7. The first kappa shape index (κ1) is 21.6. The van der Waals surface area contributed by atoms with Crippen LogP contribution >= 0.6 is 23.2 Å². The van der Waals surface area contributed by atoms with Crippen LogP contribution in [-0.2, 0) is 34.2 Å². The van der Waals surface area contributed by atoms with Crippen LogP contribution in [0, 0.1) is 5.92 Å². The normalized spacial score (nSPS) is 17.7. The van der Waals surface area contributed by atoms with Gasteiger partial charge in [0.15, 0.2) is 0 Å². The molecular weight excluding hydrogens is 443 g/mol. The Morgan fingerprint density at radius 3 is 2.50 bits per heavy atom. The molecule has 0 radical (unpaired) electrons. The molecule has 1 heterocycles. The number of benzene rings is 2.